The van der Waals surface area contributed by atoms with Crippen LogP contribution in [-0.4, -0.2) is 56.5 Å². The average Bonchev–Trinajstić information content (AvgIpc) is 2.63. The standard InChI is InChI=1S/C19H26FN3O2/c1-4-6-17(13-21(2)15-24)22-9-11-23(12-10-22)18-8-5-7-16(14-25-3)19(18)20/h4-8,13,15H,9-12,14H2,1-3H3/b6-4-,17-13+. The van der Waals surface area contributed by atoms with E-state index in [0.29, 0.717) is 24.3 Å². The Morgan fingerprint density at radius 3 is 2.64 bits per heavy atom. The number of methoxy groups -OCH3 is 1. The van der Waals surface area contributed by atoms with Crippen LogP contribution >= 0.6 is 0 Å². The van der Waals surface area contributed by atoms with Crippen molar-refractivity contribution < 1.29 is 13.9 Å². The van der Waals surface area contributed by atoms with Gasteiger partial charge in [-0.1, -0.05) is 18.2 Å². The minimum absolute atomic E-state index is 0.206. The van der Waals surface area contributed by atoms with Gasteiger partial charge in [-0.3, -0.25) is 4.79 Å². The second kappa shape index (κ2) is 9.22. The second-order valence-corrected chi connectivity index (χ2v) is 5.98. The van der Waals surface area contributed by atoms with Crippen molar-refractivity contribution in [1.82, 2.24) is 9.80 Å². The molecule has 1 aromatic rings. The molecule has 1 fully saturated rings. The summed E-state index contributed by atoms with van der Waals surface area (Å²) in [5, 5.41) is 0. The number of carbonyl (C=O) groups is 1. The van der Waals surface area contributed by atoms with Gasteiger partial charge >= 0.3 is 0 Å². The van der Waals surface area contributed by atoms with Crippen molar-refractivity contribution in [1.29, 1.82) is 0 Å². The van der Waals surface area contributed by atoms with E-state index in [1.54, 1.807) is 20.2 Å². The summed E-state index contributed by atoms with van der Waals surface area (Å²) >= 11 is 0. The van der Waals surface area contributed by atoms with Crippen LogP contribution in [0.2, 0.25) is 0 Å². The highest BCUT2D eigenvalue weighted by Gasteiger charge is 2.21. The number of amides is 1. The van der Waals surface area contributed by atoms with Crippen LogP contribution in [0.15, 0.2) is 42.2 Å². The van der Waals surface area contributed by atoms with Gasteiger partial charge in [0.1, 0.15) is 0 Å². The highest BCUT2D eigenvalue weighted by atomic mass is 19.1. The van der Waals surface area contributed by atoms with Crippen LogP contribution in [0.5, 0.6) is 0 Å². The number of anilines is 1. The van der Waals surface area contributed by atoms with Gasteiger partial charge in [-0.2, -0.15) is 0 Å². The predicted molar refractivity (Wildman–Crippen MR) is 97.6 cm³/mol. The lowest BCUT2D eigenvalue weighted by Gasteiger charge is -2.38. The van der Waals surface area contributed by atoms with Crippen molar-refractivity contribution >= 4 is 12.1 Å². The first-order chi connectivity index (χ1) is 12.1. The zero-order chi connectivity index (χ0) is 18.2. The zero-order valence-corrected chi connectivity index (χ0v) is 15.1. The highest BCUT2D eigenvalue weighted by Crippen LogP contribution is 2.25. The first-order valence-corrected chi connectivity index (χ1v) is 8.38. The summed E-state index contributed by atoms with van der Waals surface area (Å²) in [5.74, 6) is -0.206. The lowest BCUT2D eigenvalue weighted by Crippen LogP contribution is -2.46. The lowest BCUT2D eigenvalue weighted by molar-refractivity contribution is -0.115. The van der Waals surface area contributed by atoms with E-state index in [4.69, 9.17) is 4.74 Å². The smallest absolute Gasteiger partial charge is 0.213 e. The number of hydrogen-bond acceptors (Lipinski definition) is 4. The van der Waals surface area contributed by atoms with E-state index < -0.39 is 0 Å². The van der Waals surface area contributed by atoms with Gasteiger partial charge in [0.2, 0.25) is 6.41 Å². The molecule has 2 rings (SSSR count). The fourth-order valence-corrected chi connectivity index (χ4v) is 2.92. The van der Waals surface area contributed by atoms with E-state index in [2.05, 4.69) is 9.80 Å². The van der Waals surface area contributed by atoms with Gasteiger partial charge in [0, 0.05) is 52.1 Å². The molecule has 1 heterocycles. The molecule has 1 aliphatic rings. The number of allylic oxidation sites excluding steroid dienone is 2. The molecule has 136 valence electrons. The molecule has 0 unspecified atom stereocenters. The number of halogens is 1. The van der Waals surface area contributed by atoms with Crippen LogP contribution in [0.3, 0.4) is 0 Å². The molecule has 25 heavy (non-hydrogen) atoms. The Balaban J connectivity index is 2.10. The summed E-state index contributed by atoms with van der Waals surface area (Å²) < 4.78 is 19.7. The largest absolute Gasteiger partial charge is 0.380 e. The Morgan fingerprint density at radius 2 is 2.04 bits per heavy atom. The average molecular weight is 347 g/mol. The summed E-state index contributed by atoms with van der Waals surface area (Å²) in [4.78, 5) is 16.6. The van der Waals surface area contributed by atoms with Crippen molar-refractivity contribution in [2.24, 2.45) is 0 Å². The van der Waals surface area contributed by atoms with E-state index in [1.807, 2.05) is 37.4 Å². The Morgan fingerprint density at radius 1 is 1.32 bits per heavy atom. The number of nitrogens with zero attached hydrogens (tertiary/aromatic N) is 3. The molecule has 0 bridgehead atoms. The molecule has 1 aromatic carbocycles. The Hall–Kier alpha value is -2.34. The van der Waals surface area contributed by atoms with Gasteiger partial charge in [0.05, 0.1) is 18.0 Å². The fourth-order valence-electron chi connectivity index (χ4n) is 2.92. The van der Waals surface area contributed by atoms with Crippen molar-refractivity contribution in [2.75, 3.05) is 45.2 Å². The van der Waals surface area contributed by atoms with E-state index in [-0.39, 0.29) is 12.4 Å². The van der Waals surface area contributed by atoms with Gasteiger partial charge in [0.25, 0.3) is 0 Å². The van der Waals surface area contributed by atoms with Gasteiger partial charge in [0.15, 0.2) is 5.82 Å². The first kappa shape index (κ1) is 19.0. The molecule has 1 amide bonds. The summed E-state index contributed by atoms with van der Waals surface area (Å²) in [6.45, 7) is 5.17. The van der Waals surface area contributed by atoms with E-state index in [9.17, 15) is 9.18 Å². The lowest BCUT2D eigenvalue weighted by atomic mass is 10.1. The van der Waals surface area contributed by atoms with Crippen molar-refractivity contribution in [3.05, 3.63) is 53.6 Å². The Kier molecular flexibility index (Phi) is 7.01. The van der Waals surface area contributed by atoms with Crippen molar-refractivity contribution in [3.63, 3.8) is 0 Å². The minimum Gasteiger partial charge on any atom is -0.380 e. The molecule has 0 N–H and O–H groups in total. The molecule has 0 spiro atoms. The van der Waals surface area contributed by atoms with Crippen molar-refractivity contribution in [3.8, 4) is 0 Å². The SMILES string of the molecule is C/C=C\C(=C/N(C)C=O)N1CCN(c2cccc(COC)c2F)CC1. The van der Waals surface area contributed by atoms with Crippen LogP contribution in [0.1, 0.15) is 12.5 Å². The molecule has 0 aliphatic carbocycles. The zero-order valence-electron chi connectivity index (χ0n) is 15.1. The third kappa shape index (κ3) is 4.82. The Labute approximate surface area is 149 Å². The monoisotopic (exact) mass is 347 g/mol. The number of rotatable bonds is 7. The van der Waals surface area contributed by atoms with Crippen LogP contribution in [0, 0.1) is 5.82 Å². The van der Waals surface area contributed by atoms with Crippen LogP contribution in [0.4, 0.5) is 10.1 Å². The number of ether oxygens (including phenoxy) is 1. The topological polar surface area (TPSA) is 36.0 Å². The quantitative estimate of drug-likeness (QED) is 0.561. The van der Waals surface area contributed by atoms with Crippen LogP contribution in [-0.2, 0) is 16.1 Å². The van der Waals surface area contributed by atoms with Gasteiger partial charge in [-0.15, -0.1) is 0 Å². The normalized spacial score (nSPS) is 15.8. The van der Waals surface area contributed by atoms with Crippen LogP contribution in [0.25, 0.3) is 0 Å². The van der Waals surface area contributed by atoms with Gasteiger partial charge < -0.3 is 19.4 Å². The maximum atomic E-state index is 14.6. The van der Waals surface area contributed by atoms with Crippen LogP contribution < -0.4 is 4.90 Å². The molecule has 0 aromatic heterocycles. The van der Waals surface area contributed by atoms with E-state index in [1.165, 1.54) is 4.90 Å². The maximum Gasteiger partial charge on any atom is 0.213 e. The molecule has 0 radical (unpaired) electrons. The number of carbonyl (C=O) groups excluding carboxylic acids is 1. The highest BCUT2D eigenvalue weighted by molar-refractivity contribution is 5.51. The molecule has 1 saturated heterocycles. The van der Waals surface area contributed by atoms with Crippen molar-refractivity contribution in [2.45, 2.75) is 13.5 Å². The summed E-state index contributed by atoms with van der Waals surface area (Å²) in [7, 11) is 3.28. The number of piperazine rings is 1. The third-order valence-corrected chi connectivity index (χ3v) is 4.18. The Bertz CT molecular complexity index is 638. The second-order valence-electron chi connectivity index (χ2n) is 5.98. The fraction of sp³-hybridized carbons (Fsp3) is 0.421. The molecule has 0 saturated carbocycles. The summed E-state index contributed by atoms with van der Waals surface area (Å²) in [5.41, 5.74) is 2.17. The molecular formula is C19H26FN3O2. The molecule has 5 nitrogen and oxygen atoms in total. The number of benzene rings is 1. The van der Waals surface area contributed by atoms with E-state index in [0.717, 1.165) is 25.2 Å². The molecule has 1 aliphatic heterocycles. The first-order valence-electron chi connectivity index (χ1n) is 8.38. The predicted octanol–water partition coefficient (Wildman–Crippen LogP) is 2.60. The van der Waals surface area contributed by atoms with Gasteiger partial charge in [-0.05, 0) is 19.1 Å². The summed E-state index contributed by atoms with van der Waals surface area (Å²) in [6.07, 6.45) is 6.51. The summed E-state index contributed by atoms with van der Waals surface area (Å²) in [6, 6.07) is 5.43. The number of hydrogen-bond donors (Lipinski definition) is 0. The third-order valence-electron chi connectivity index (χ3n) is 4.18. The minimum atomic E-state index is -0.206. The molecular weight excluding hydrogens is 321 g/mol. The molecule has 0 atom stereocenters. The molecule has 6 heteroatoms. The van der Waals surface area contributed by atoms with Gasteiger partial charge in [-0.25, -0.2) is 4.39 Å². The van der Waals surface area contributed by atoms with E-state index >= 15 is 0 Å². The maximum absolute atomic E-state index is 14.6.